The average molecular weight is 559 g/mol. The van der Waals surface area contributed by atoms with Crippen molar-refractivity contribution in [3.63, 3.8) is 0 Å². The minimum absolute atomic E-state index is 0.0559. The zero-order valence-electron chi connectivity index (χ0n) is 22.4. The molecule has 2 N–H and O–H groups in total. The molecule has 0 spiro atoms. The number of ether oxygens (including phenoxy) is 1. The van der Waals surface area contributed by atoms with Crippen LogP contribution in [0.3, 0.4) is 0 Å². The van der Waals surface area contributed by atoms with Gasteiger partial charge in [0.2, 0.25) is 5.89 Å². The lowest BCUT2D eigenvalue weighted by atomic mass is 10.0. The molecule has 0 aliphatic heterocycles. The summed E-state index contributed by atoms with van der Waals surface area (Å²) in [6.45, 7) is 3.90. The van der Waals surface area contributed by atoms with Crippen LogP contribution in [-0.4, -0.2) is 27.1 Å². The summed E-state index contributed by atoms with van der Waals surface area (Å²) in [5.74, 6) is 0.879. The highest BCUT2D eigenvalue weighted by Crippen LogP contribution is 2.34. The summed E-state index contributed by atoms with van der Waals surface area (Å²) in [6.07, 6.45) is 0.0559. The van der Waals surface area contributed by atoms with Gasteiger partial charge in [-0.25, -0.2) is 9.97 Å². The Hall–Kier alpha value is -5.08. The summed E-state index contributed by atoms with van der Waals surface area (Å²) in [5, 5.41) is 6.90. The van der Waals surface area contributed by atoms with Gasteiger partial charge >= 0.3 is 0 Å². The van der Waals surface area contributed by atoms with Gasteiger partial charge in [-0.1, -0.05) is 48.5 Å². The van der Waals surface area contributed by atoms with E-state index in [1.165, 1.54) is 0 Å². The number of pyridine rings is 1. The van der Waals surface area contributed by atoms with E-state index in [0.717, 1.165) is 27.7 Å². The van der Waals surface area contributed by atoms with Gasteiger partial charge in [-0.15, -0.1) is 0 Å². The second kappa shape index (κ2) is 11.2. The minimum atomic E-state index is -0.317. The summed E-state index contributed by atoms with van der Waals surface area (Å²) in [7, 11) is 0. The molecule has 6 aromatic rings. The van der Waals surface area contributed by atoms with Crippen molar-refractivity contribution >= 4 is 50.9 Å². The SMILES string of the molecule is CC(C)Oc1ccc(C(=O)NC(=S)Nc2ccc3oc(-c4cc(-c5ccccc5)nc5ccccc45)nc3c2)cc1. The van der Waals surface area contributed by atoms with Crippen molar-refractivity contribution in [3.8, 4) is 28.5 Å². The first-order valence-electron chi connectivity index (χ1n) is 13.2. The molecule has 2 heterocycles. The molecule has 0 atom stereocenters. The lowest BCUT2D eigenvalue weighted by Gasteiger charge is -2.11. The van der Waals surface area contributed by atoms with Crippen LogP contribution in [0.25, 0.3) is 44.7 Å². The maximum atomic E-state index is 12.7. The molecule has 1 amide bonds. The van der Waals surface area contributed by atoms with Gasteiger partial charge in [0.15, 0.2) is 10.7 Å². The van der Waals surface area contributed by atoms with E-state index in [2.05, 4.69) is 10.6 Å². The maximum Gasteiger partial charge on any atom is 0.257 e. The highest BCUT2D eigenvalue weighted by Gasteiger charge is 2.16. The molecule has 7 nitrogen and oxygen atoms in total. The molecule has 202 valence electrons. The Morgan fingerprint density at radius 2 is 1.61 bits per heavy atom. The van der Waals surface area contributed by atoms with Crippen molar-refractivity contribution in [1.82, 2.24) is 15.3 Å². The third-order valence-electron chi connectivity index (χ3n) is 6.38. The predicted molar refractivity (Wildman–Crippen MR) is 166 cm³/mol. The van der Waals surface area contributed by atoms with E-state index in [9.17, 15) is 4.79 Å². The average Bonchev–Trinajstić information content (AvgIpc) is 3.40. The van der Waals surface area contributed by atoms with Gasteiger partial charge in [0.1, 0.15) is 11.3 Å². The van der Waals surface area contributed by atoms with E-state index in [4.69, 9.17) is 31.3 Å². The lowest BCUT2D eigenvalue weighted by Crippen LogP contribution is -2.34. The Labute approximate surface area is 242 Å². The van der Waals surface area contributed by atoms with Crippen LogP contribution in [0.2, 0.25) is 0 Å². The molecule has 0 bridgehead atoms. The second-order valence-corrected chi connectivity index (χ2v) is 10.1. The molecule has 0 saturated carbocycles. The van der Waals surface area contributed by atoms with Gasteiger partial charge in [-0.05, 0) is 80.7 Å². The first-order valence-corrected chi connectivity index (χ1v) is 13.6. The summed E-state index contributed by atoms with van der Waals surface area (Å²) >= 11 is 5.39. The van der Waals surface area contributed by atoms with E-state index >= 15 is 0 Å². The fraction of sp³-hybridized carbons (Fsp3) is 0.0909. The Bertz CT molecular complexity index is 1880. The molecular formula is C33H26N4O3S. The first kappa shape index (κ1) is 26.2. The molecule has 0 saturated heterocycles. The molecule has 0 fully saturated rings. The highest BCUT2D eigenvalue weighted by molar-refractivity contribution is 7.80. The Morgan fingerprint density at radius 1 is 0.854 bits per heavy atom. The fourth-order valence-electron chi connectivity index (χ4n) is 4.52. The van der Waals surface area contributed by atoms with Crippen LogP contribution in [0.15, 0.2) is 108 Å². The van der Waals surface area contributed by atoms with Crippen molar-refractivity contribution in [1.29, 1.82) is 0 Å². The number of fused-ring (bicyclic) bond motifs is 2. The standard InChI is InChI=1S/C33H26N4O3S/c1-20(2)39-24-15-12-22(13-16-24)31(38)37-33(41)34-23-14-17-30-29(18-23)36-32(40-30)26-19-28(21-8-4-3-5-9-21)35-27-11-7-6-10-25(26)27/h3-20H,1-2H3,(H2,34,37,38,41). The molecule has 0 aliphatic carbocycles. The first-order chi connectivity index (χ1) is 19.9. The number of hydrogen-bond acceptors (Lipinski definition) is 6. The van der Waals surface area contributed by atoms with Gasteiger partial charge in [-0.2, -0.15) is 0 Å². The van der Waals surface area contributed by atoms with Gasteiger partial charge in [-0.3, -0.25) is 10.1 Å². The number of thiocarbonyl (C=S) groups is 1. The number of nitrogens with zero attached hydrogens (tertiary/aromatic N) is 2. The van der Waals surface area contributed by atoms with E-state index in [1.54, 1.807) is 24.3 Å². The van der Waals surface area contributed by atoms with Crippen molar-refractivity contribution in [2.75, 3.05) is 5.32 Å². The molecule has 6 rings (SSSR count). The van der Waals surface area contributed by atoms with Gasteiger partial charge in [0.05, 0.1) is 17.3 Å². The number of amides is 1. The number of nitrogens with one attached hydrogen (secondary N) is 2. The van der Waals surface area contributed by atoms with Crippen molar-refractivity contribution in [2.45, 2.75) is 20.0 Å². The van der Waals surface area contributed by atoms with Crippen molar-refractivity contribution < 1.29 is 13.9 Å². The number of rotatable bonds is 6. The normalized spacial score (nSPS) is 11.1. The zero-order valence-corrected chi connectivity index (χ0v) is 23.2. The van der Waals surface area contributed by atoms with Crippen LogP contribution in [0.4, 0.5) is 5.69 Å². The van der Waals surface area contributed by atoms with Gasteiger partial charge < -0.3 is 14.5 Å². The van der Waals surface area contributed by atoms with E-state index in [0.29, 0.717) is 34.0 Å². The second-order valence-electron chi connectivity index (χ2n) is 9.74. The largest absolute Gasteiger partial charge is 0.491 e. The Kier molecular flexibility index (Phi) is 7.14. The van der Waals surface area contributed by atoms with Crippen LogP contribution in [0, 0.1) is 0 Å². The predicted octanol–water partition coefficient (Wildman–Crippen LogP) is 7.62. The smallest absolute Gasteiger partial charge is 0.257 e. The molecule has 0 aliphatic rings. The molecule has 0 radical (unpaired) electrons. The third kappa shape index (κ3) is 5.78. The Morgan fingerprint density at radius 3 is 2.39 bits per heavy atom. The zero-order chi connectivity index (χ0) is 28.3. The summed E-state index contributed by atoms with van der Waals surface area (Å²) in [5.41, 5.74) is 6.00. The molecule has 4 aromatic carbocycles. The Balaban J connectivity index is 1.23. The highest BCUT2D eigenvalue weighted by atomic mass is 32.1. The van der Waals surface area contributed by atoms with E-state index in [-0.39, 0.29) is 17.1 Å². The van der Waals surface area contributed by atoms with Crippen LogP contribution >= 0.6 is 12.2 Å². The molecule has 8 heteroatoms. The van der Waals surface area contributed by atoms with Crippen LogP contribution in [0.1, 0.15) is 24.2 Å². The number of para-hydroxylation sites is 1. The maximum absolute atomic E-state index is 12.7. The van der Waals surface area contributed by atoms with Crippen molar-refractivity contribution in [3.05, 3.63) is 109 Å². The number of anilines is 1. The lowest BCUT2D eigenvalue weighted by molar-refractivity contribution is 0.0977. The van der Waals surface area contributed by atoms with Crippen LogP contribution < -0.4 is 15.4 Å². The molecule has 2 aromatic heterocycles. The minimum Gasteiger partial charge on any atom is -0.491 e. The van der Waals surface area contributed by atoms with Gasteiger partial charge in [0.25, 0.3) is 5.91 Å². The number of carbonyl (C=O) groups excluding carboxylic acids is 1. The van der Waals surface area contributed by atoms with Crippen LogP contribution in [-0.2, 0) is 0 Å². The van der Waals surface area contributed by atoms with E-state index in [1.807, 2.05) is 92.7 Å². The van der Waals surface area contributed by atoms with Crippen molar-refractivity contribution in [2.24, 2.45) is 0 Å². The molecule has 41 heavy (non-hydrogen) atoms. The quantitative estimate of drug-likeness (QED) is 0.203. The third-order valence-corrected chi connectivity index (χ3v) is 6.58. The number of aromatic nitrogens is 2. The number of carbonyl (C=O) groups is 1. The number of hydrogen-bond donors (Lipinski definition) is 2. The monoisotopic (exact) mass is 558 g/mol. The van der Waals surface area contributed by atoms with E-state index < -0.39 is 0 Å². The fourth-order valence-corrected chi connectivity index (χ4v) is 4.73. The summed E-state index contributed by atoms with van der Waals surface area (Å²) < 4.78 is 11.8. The van der Waals surface area contributed by atoms with Gasteiger partial charge in [0, 0.05) is 27.8 Å². The summed E-state index contributed by atoms with van der Waals surface area (Å²) in [6, 6.07) is 32.4. The topological polar surface area (TPSA) is 89.3 Å². The van der Waals surface area contributed by atoms with Crippen LogP contribution in [0.5, 0.6) is 5.75 Å². The summed E-state index contributed by atoms with van der Waals surface area (Å²) in [4.78, 5) is 22.3. The number of oxazole rings is 1. The molecular weight excluding hydrogens is 532 g/mol. The number of benzene rings is 4. The molecule has 0 unspecified atom stereocenters.